The summed E-state index contributed by atoms with van der Waals surface area (Å²) in [4.78, 5) is 25.3. The molecule has 1 N–H and O–H groups in total. The second kappa shape index (κ2) is 9.42. The quantitative estimate of drug-likeness (QED) is 0.350. The molecule has 1 heterocycles. The van der Waals surface area contributed by atoms with Crippen LogP contribution in [0.1, 0.15) is 33.6 Å². The molecule has 0 radical (unpaired) electrons. The van der Waals surface area contributed by atoms with Crippen LogP contribution in [0.2, 0.25) is 0 Å². The Hall–Kier alpha value is -1.88. The normalized spacial score (nSPS) is 16.9. The third-order valence-electron chi connectivity index (χ3n) is 3.09. The summed E-state index contributed by atoms with van der Waals surface area (Å²) in [6, 6.07) is 1.94. The first-order chi connectivity index (χ1) is 11.3. The lowest BCUT2D eigenvalue weighted by Crippen LogP contribution is -2.35. The van der Waals surface area contributed by atoms with Crippen LogP contribution in [0.4, 0.5) is 4.79 Å². The van der Waals surface area contributed by atoms with Crippen molar-refractivity contribution in [1.82, 2.24) is 10.2 Å². The van der Waals surface area contributed by atoms with Gasteiger partial charge in [0.2, 0.25) is 0 Å². The number of hydrogen-bond donors (Lipinski definition) is 1. The number of hydrogen-bond acceptors (Lipinski definition) is 7. The first-order valence-corrected chi connectivity index (χ1v) is 8.84. The molecular weight excluding hydrogens is 330 g/mol. The van der Waals surface area contributed by atoms with Crippen LogP contribution in [0.25, 0.3) is 0 Å². The smallest absolute Gasteiger partial charge is 0.407 e. The van der Waals surface area contributed by atoms with E-state index < -0.39 is 17.7 Å². The van der Waals surface area contributed by atoms with Crippen molar-refractivity contribution in [3.8, 4) is 6.07 Å². The molecule has 1 saturated heterocycles. The van der Waals surface area contributed by atoms with Crippen molar-refractivity contribution in [2.45, 2.75) is 39.2 Å². The number of ether oxygens (including phenoxy) is 2. The van der Waals surface area contributed by atoms with Crippen LogP contribution in [-0.2, 0) is 14.3 Å². The van der Waals surface area contributed by atoms with Gasteiger partial charge in [0.25, 0.3) is 0 Å². The maximum Gasteiger partial charge on any atom is 0.407 e. The number of nitrogens with one attached hydrogen (secondary N) is 1. The number of amides is 1. The molecule has 0 aromatic carbocycles. The summed E-state index contributed by atoms with van der Waals surface area (Å²) < 4.78 is 9.85. The molecule has 0 spiro atoms. The summed E-state index contributed by atoms with van der Waals surface area (Å²) in [5.74, 6) is 0.253. The van der Waals surface area contributed by atoms with Gasteiger partial charge in [-0.15, -0.1) is 11.8 Å². The summed E-state index contributed by atoms with van der Waals surface area (Å²) in [5.41, 5.74) is -0.478. The average Bonchev–Trinajstić information content (AvgIpc) is 2.51. The largest absolute Gasteiger partial charge is 0.465 e. The highest BCUT2D eigenvalue weighted by atomic mass is 32.2. The maximum absolute atomic E-state index is 11.7. The predicted octanol–water partition coefficient (Wildman–Crippen LogP) is 2.25. The molecule has 0 unspecified atom stereocenters. The fourth-order valence-corrected chi connectivity index (χ4v) is 3.22. The Balaban J connectivity index is 2.56. The number of alkyl carbamates (subject to hydrolysis) is 1. The van der Waals surface area contributed by atoms with Crippen molar-refractivity contribution in [3.63, 3.8) is 0 Å². The molecule has 0 aromatic rings. The number of nitriles is 1. The number of methoxy groups -OCH3 is 1. The van der Waals surface area contributed by atoms with Crippen molar-refractivity contribution in [2.75, 3.05) is 32.5 Å². The standard InChI is InChI=1S/C16H25N3O4S/c1-16(2,3)23-15(21)18-7-5-8-19-9-6-10-24-13(19)12(11-17)14(20)22-4/h5-10H2,1-4H3,(H,18,21). The summed E-state index contributed by atoms with van der Waals surface area (Å²) in [6.45, 7) is 7.31. The van der Waals surface area contributed by atoms with Gasteiger partial charge in [-0.3, -0.25) is 0 Å². The summed E-state index contributed by atoms with van der Waals surface area (Å²) in [5, 5.41) is 12.6. The minimum Gasteiger partial charge on any atom is -0.465 e. The fraction of sp³-hybridized carbons (Fsp3) is 0.688. The molecule has 0 atom stereocenters. The SMILES string of the molecule is COC(=O)C(C#N)=C1SCCCN1CCCNC(=O)OC(C)(C)C. The minimum atomic E-state index is -0.612. The van der Waals surface area contributed by atoms with Crippen LogP contribution < -0.4 is 5.32 Å². The molecular formula is C16H25N3O4S. The Labute approximate surface area is 147 Å². The van der Waals surface area contributed by atoms with Gasteiger partial charge in [-0.05, 0) is 33.6 Å². The first kappa shape index (κ1) is 20.2. The van der Waals surface area contributed by atoms with Gasteiger partial charge in [0.1, 0.15) is 11.7 Å². The summed E-state index contributed by atoms with van der Waals surface area (Å²) in [6.07, 6.45) is 1.22. The van der Waals surface area contributed by atoms with Crippen molar-refractivity contribution >= 4 is 23.8 Å². The number of esters is 1. The molecule has 0 aromatic heterocycles. The lowest BCUT2D eigenvalue weighted by Gasteiger charge is -2.31. The van der Waals surface area contributed by atoms with E-state index in [1.54, 1.807) is 0 Å². The van der Waals surface area contributed by atoms with Crippen LogP contribution in [0.3, 0.4) is 0 Å². The first-order valence-electron chi connectivity index (χ1n) is 7.85. The van der Waals surface area contributed by atoms with Gasteiger partial charge in [-0.1, -0.05) is 0 Å². The highest BCUT2D eigenvalue weighted by Gasteiger charge is 2.24. The topological polar surface area (TPSA) is 91.7 Å². The Bertz CT molecular complexity index is 534. The molecule has 7 nitrogen and oxygen atoms in total. The predicted molar refractivity (Wildman–Crippen MR) is 92.2 cm³/mol. The molecule has 24 heavy (non-hydrogen) atoms. The van der Waals surface area contributed by atoms with Crippen molar-refractivity contribution in [2.24, 2.45) is 0 Å². The summed E-state index contributed by atoms with van der Waals surface area (Å²) >= 11 is 1.49. The molecule has 0 bridgehead atoms. The van der Waals surface area contributed by atoms with E-state index in [0.717, 1.165) is 18.7 Å². The lowest BCUT2D eigenvalue weighted by atomic mass is 10.2. The van der Waals surface area contributed by atoms with Crippen LogP contribution in [0.15, 0.2) is 10.6 Å². The van der Waals surface area contributed by atoms with E-state index in [9.17, 15) is 14.9 Å². The summed E-state index contributed by atoms with van der Waals surface area (Å²) in [7, 11) is 1.27. The maximum atomic E-state index is 11.7. The zero-order chi connectivity index (χ0) is 18.2. The Kier molecular flexibility index (Phi) is 7.92. The van der Waals surface area contributed by atoms with Gasteiger partial charge in [-0.25, -0.2) is 9.59 Å². The van der Waals surface area contributed by atoms with Crippen LogP contribution >= 0.6 is 11.8 Å². The number of nitrogens with zero attached hydrogens (tertiary/aromatic N) is 2. The van der Waals surface area contributed by atoms with Crippen molar-refractivity contribution < 1.29 is 19.1 Å². The lowest BCUT2D eigenvalue weighted by molar-refractivity contribution is -0.135. The third kappa shape index (κ3) is 6.71. The van der Waals surface area contributed by atoms with Gasteiger partial charge in [-0.2, -0.15) is 5.26 Å². The molecule has 1 aliphatic rings. The Morgan fingerprint density at radius 1 is 1.42 bits per heavy atom. The Morgan fingerprint density at radius 2 is 2.12 bits per heavy atom. The average molecular weight is 355 g/mol. The van der Waals surface area contributed by atoms with Gasteiger partial charge < -0.3 is 19.7 Å². The molecule has 1 fully saturated rings. The van der Waals surface area contributed by atoms with E-state index >= 15 is 0 Å². The monoisotopic (exact) mass is 355 g/mol. The van der Waals surface area contributed by atoms with E-state index in [1.165, 1.54) is 18.9 Å². The van der Waals surface area contributed by atoms with Gasteiger partial charge in [0.15, 0.2) is 5.57 Å². The van der Waals surface area contributed by atoms with Crippen LogP contribution in [-0.4, -0.2) is 55.1 Å². The number of carbonyl (C=O) groups is 2. The van der Waals surface area contributed by atoms with Gasteiger partial charge in [0.05, 0.1) is 12.1 Å². The van der Waals surface area contributed by atoms with E-state index in [-0.39, 0.29) is 5.57 Å². The van der Waals surface area contributed by atoms with Gasteiger partial charge in [0, 0.05) is 25.4 Å². The highest BCUT2D eigenvalue weighted by Crippen LogP contribution is 2.30. The Morgan fingerprint density at radius 3 is 2.71 bits per heavy atom. The number of rotatable bonds is 5. The molecule has 1 amide bonds. The molecule has 1 rings (SSSR count). The second-order valence-corrected chi connectivity index (χ2v) is 7.34. The zero-order valence-electron chi connectivity index (χ0n) is 14.7. The number of thioether (sulfide) groups is 1. The van der Waals surface area contributed by atoms with E-state index in [2.05, 4.69) is 10.1 Å². The van der Waals surface area contributed by atoms with Crippen LogP contribution in [0.5, 0.6) is 0 Å². The van der Waals surface area contributed by atoms with Crippen molar-refractivity contribution in [1.29, 1.82) is 5.26 Å². The molecule has 1 aliphatic heterocycles. The molecule has 8 heteroatoms. The second-order valence-electron chi connectivity index (χ2n) is 6.25. The van der Waals surface area contributed by atoms with E-state index in [0.29, 0.717) is 24.5 Å². The van der Waals surface area contributed by atoms with Crippen molar-refractivity contribution in [3.05, 3.63) is 10.6 Å². The molecule has 0 saturated carbocycles. The highest BCUT2D eigenvalue weighted by molar-refractivity contribution is 8.03. The third-order valence-corrected chi connectivity index (χ3v) is 4.32. The van der Waals surface area contributed by atoms with Crippen LogP contribution in [0, 0.1) is 11.3 Å². The molecule has 0 aliphatic carbocycles. The number of carbonyl (C=O) groups excluding carboxylic acids is 2. The van der Waals surface area contributed by atoms with Gasteiger partial charge >= 0.3 is 12.1 Å². The van der Waals surface area contributed by atoms with E-state index in [4.69, 9.17) is 4.74 Å². The zero-order valence-corrected chi connectivity index (χ0v) is 15.5. The fourth-order valence-electron chi connectivity index (χ4n) is 2.12. The minimum absolute atomic E-state index is 0.0438. The van der Waals surface area contributed by atoms with E-state index in [1.807, 2.05) is 31.7 Å². The molecule has 134 valence electrons.